The third-order valence-corrected chi connectivity index (χ3v) is 6.34. The molecule has 0 fully saturated rings. The number of hydrogen-bond donors (Lipinski definition) is 0. The molecule has 0 aliphatic heterocycles. The molecule has 0 atom stereocenters. The molecule has 1 nitrogen and oxygen atoms in total. The normalized spacial score (nSPS) is 14.0. The standard InChI is InChI=1S/C26H17BF15O/c1-13(2)43-27(19-5-3-14(4-6-19)22(28,29)30,20-9-15(23(31,32)33)7-16(10-20)24(34,35)36)21-11-17(25(37,38)39)8-18(12-21)26(40,41)42/h3-13H,1-2H3/q-1. The summed E-state index contributed by atoms with van der Waals surface area (Å²) in [6.45, 7) is 2.24. The molecule has 0 spiro atoms. The van der Waals surface area contributed by atoms with Crippen molar-refractivity contribution in [3.8, 4) is 0 Å². The highest BCUT2D eigenvalue weighted by atomic mass is 19.4. The molecular weight excluding hydrogens is 624 g/mol. The van der Waals surface area contributed by atoms with E-state index < -0.39 is 87.5 Å². The van der Waals surface area contributed by atoms with Crippen molar-refractivity contribution in [2.24, 2.45) is 0 Å². The fraction of sp³-hybridized carbons (Fsp3) is 0.308. The predicted molar refractivity (Wildman–Crippen MR) is 125 cm³/mol. The van der Waals surface area contributed by atoms with Gasteiger partial charge in [-0.15, -0.1) is 0 Å². The minimum absolute atomic E-state index is 0.0445. The summed E-state index contributed by atoms with van der Waals surface area (Å²) in [4.78, 5) is 0. The molecule has 0 unspecified atom stereocenters. The van der Waals surface area contributed by atoms with Crippen molar-refractivity contribution in [3.63, 3.8) is 0 Å². The Morgan fingerprint density at radius 3 is 0.930 bits per heavy atom. The largest absolute Gasteiger partial charge is 0.577 e. The van der Waals surface area contributed by atoms with E-state index in [-0.39, 0.29) is 36.4 Å². The molecule has 0 saturated carbocycles. The van der Waals surface area contributed by atoms with Gasteiger partial charge in [-0.05, 0) is 26.0 Å². The minimum atomic E-state index is -5.51. The monoisotopic (exact) mass is 641 g/mol. The van der Waals surface area contributed by atoms with Crippen LogP contribution in [-0.4, -0.2) is 12.5 Å². The highest BCUT2D eigenvalue weighted by molar-refractivity contribution is 7.07. The van der Waals surface area contributed by atoms with Crippen molar-refractivity contribution in [1.29, 1.82) is 0 Å². The minimum Gasteiger partial charge on any atom is -0.577 e. The second kappa shape index (κ2) is 11.0. The van der Waals surface area contributed by atoms with Crippen molar-refractivity contribution < 1.29 is 70.5 Å². The maximum absolute atomic E-state index is 13.8. The highest BCUT2D eigenvalue weighted by Crippen LogP contribution is 2.38. The van der Waals surface area contributed by atoms with Crippen LogP contribution in [0.4, 0.5) is 65.9 Å². The molecule has 0 bridgehead atoms. The summed E-state index contributed by atoms with van der Waals surface area (Å²) < 4.78 is 211. The molecule has 17 heteroatoms. The molecule has 0 amide bonds. The third-order valence-electron chi connectivity index (χ3n) is 6.34. The smallest absolute Gasteiger partial charge is 0.416 e. The van der Waals surface area contributed by atoms with E-state index in [9.17, 15) is 65.9 Å². The number of alkyl halides is 15. The van der Waals surface area contributed by atoms with Gasteiger partial charge >= 0.3 is 30.9 Å². The molecule has 43 heavy (non-hydrogen) atoms. The SMILES string of the molecule is CC(C)O[B-](c1ccc(C(F)(F)F)cc1)(c1cc(C(F)(F)F)cc(C(F)(F)F)c1)c1cc(C(F)(F)F)cc(C(F)(F)F)c1. The molecule has 236 valence electrons. The van der Waals surface area contributed by atoms with Gasteiger partial charge in [0.15, 0.2) is 6.35 Å². The Hall–Kier alpha value is -3.37. The van der Waals surface area contributed by atoms with E-state index in [1.165, 1.54) is 0 Å². The molecule has 0 aromatic heterocycles. The first kappa shape index (κ1) is 34.1. The molecule has 0 aliphatic rings. The van der Waals surface area contributed by atoms with Crippen LogP contribution in [0.3, 0.4) is 0 Å². The van der Waals surface area contributed by atoms with Crippen molar-refractivity contribution >= 4 is 22.7 Å². The van der Waals surface area contributed by atoms with Crippen LogP contribution in [0.1, 0.15) is 41.7 Å². The van der Waals surface area contributed by atoms with Gasteiger partial charge in [0.2, 0.25) is 0 Å². The van der Waals surface area contributed by atoms with E-state index in [0.717, 1.165) is 13.8 Å². The van der Waals surface area contributed by atoms with Crippen LogP contribution in [0.5, 0.6) is 0 Å². The lowest BCUT2D eigenvalue weighted by molar-refractivity contribution is -0.144. The summed E-state index contributed by atoms with van der Waals surface area (Å²) in [6, 6.07) is 1.15. The molecule has 3 rings (SSSR count). The first-order valence-electron chi connectivity index (χ1n) is 11.9. The number of rotatable bonds is 5. The number of hydrogen-bond acceptors (Lipinski definition) is 1. The van der Waals surface area contributed by atoms with Crippen LogP contribution < -0.4 is 16.4 Å². The van der Waals surface area contributed by atoms with E-state index in [0.29, 0.717) is 24.3 Å². The summed E-state index contributed by atoms with van der Waals surface area (Å²) >= 11 is 0. The van der Waals surface area contributed by atoms with E-state index in [1.807, 2.05) is 0 Å². The Kier molecular flexibility index (Phi) is 8.71. The first-order valence-corrected chi connectivity index (χ1v) is 11.9. The van der Waals surface area contributed by atoms with Gasteiger partial charge in [-0.1, -0.05) is 48.5 Å². The number of benzene rings is 3. The first-order chi connectivity index (χ1) is 19.3. The van der Waals surface area contributed by atoms with Crippen molar-refractivity contribution in [3.05, 3.63) is 88.5 Å². The van der Waals surface area contributed by atoms with E-state index in [1.54, 1.807) is 0 Å². The zero-order valence-electron chi connectivity index (χ0n) is 21.5. The fourth-order valence-electron chi connectivity index (χ4n) is 4.59. The fourth-order valence-corrected chi connectivity index (χ4v) is 4.59. The van der Waals surface area contributed by atoms with Crippen LogP contribution in [0.2, 0.25) is 0 Å². The summed E-state index contributed by atoms with van der Waals surface area (Å²) in [5, 5.41) is 0. The topological polar surface area (TPSA) is 9.23 Å². The van der Waals surface area contributed by atoms with Crippen LogP contribution in [0.25, 0.3) is 0 Å². The molecule has 0 N–H and O–H groups in total. The Balaban J connectivity index is 2.65. The van der Waals surface area contributed by atoms with E-state index in [4.69, 9.17) is 4.65 Å². The van der Waals surface area contributed by atoms with Gasteiger partial charge < -0.3 is 4.65 Å². The van der Waals surface area contributed by atoms with Gasteiger partial charge in [-0.2, -0.15) is 82.2 Å². The Morgan fingerprint density at radius 1 is 0.419 bits per heavy atom. The van der Waals surface area contributed by atoms with Gasteiger partial charge in [0.1, 0.15) is 0 Å². The Bertz CT molecular complexity index is 1300. The Labute approximate surface area is 233 Å². The van der Waals surface area contributed by atoms with Crippen LogP contribution in [-0.2, 0) is 35.5 Å². The van der Waals surface area contributed by atoms with E-state index in [2.05, 4.69) is 0 Å². The lowest BCUT2D eigenvalue weighted by Crippen LogP contribution is -2.70. The molecule has 0 saturated heterocycles. The highest BCUT2D eigenvalue weighted by Gasteiger charge is 2.43. The second-order valence-corrected chi connectivity index (χ2v) is 9.77. The molecule has 0 aliphatic carbocycles. The third kappa shape index (κ3) is 7.41. The van der Waals surface area contributed by atoms with Gasteiger partial charge in [0.05, 0.1) is 27.8 Å². The Morgan fingerprint density at radius 2 is 0.698 bits per heavy atom. The van der Waals surface area contributed by atoms with Gasteiger partial charge in [-0.25, -0.2) is 0 Å². The van der Waals surface area contributed by atoms with Gasteiger partial charge in [0.25, 0.3) is 0 Å². The predicted octanol–water partition coefficient (Wildman–Crippen LogP) is 8.17. The summed E-state index contributed by atoms with van der Waals surface area (Å²) in [5.41, 5.74) is -12.5. The quantitative estimate of drug-likeness (QED) is 0.202. The van der Waals surface area contributed by atoms with E-state index >= 15 is 0 Å². The van der Waals surface area contributed by atoms with Crippen molar-refractivity contribution in [1.82, 2.24) is 0 Å². The molecular formula is C26H17BF15O-. The summed E-state index contributed by atoms with van der Waals surface area (Å²) in [7, 11) is 0. The summed E-state index contributed by atoms with van der Waals surface area (Å²) in [6.07, 6.45) is -32.6. The van der Waals surface area contributed by atoms with Crippen LogP contribution in [0.15, 0.2) is 60.7 Å². The average Bonchev–Trinajstić information content (AvgIpc) is 2.84. The lowest BCUT2D eigenvalue weighted by Gasteiger charge is -2.46. The molecule has 3 aromatic carbocycles. The zero-order chi connectivity index (χ0) is 33.0. The summed E-state index contributed by atoms with van der Waals surface area (Å²) in [5.74, 6) is 0. The molecule has 0 heterocycles. The maximum Gasteiger partial charge on any atom is 0.416 e. The lowest BCUT2D eigenvalue weighted by atomic mass is 9.28. The second-order valence-electron chi connectivity index (χ2n) is 9.77. The van der Waals surface area contributed by atoms with Crippen LogP contribution >= 0.6 is 0 Å². The maximum atomic E-state index is 13.8. The van der Waals surface area contributed by atoms with Gasteiger partial charge in [0, 0.05) is 6.10 Å². The average molecular weight is 641 g/mol. The van der Waals surface area contributed by atoms with Crippen molar-refractivity contribution in [2.45, 2.75) is 50.8 Å². The zero-order valence-corrected chi connectivity index (χ0v) is 21.5. The number of halogens is 15. The van der Waals surface area contributed by atoms with Crippen LogP contribution in [0, 0.1) is 0 Å². The van der Waals surface area contributed by atoms with Gasteiger partial charge in [-0.3, -0.25) is 0 Å². The molecule has 0 radical (unpaired) electrons. The molecule has 3 aromatic rings. The van der Waals surface area contributed by atoms with Crippen molar-refractivity contribution in [2.75, 3.05) is 0 Å².